The van der Waals surface area contributed by atoms with Crippen molar-refractivity contribution in [3.8, 4) is 0 Å². The molecule has 0 radical (unpaired) electrons. The molecule has 0 spiro atoms. The van der Waals surface area contributed by atoms with Gasteiger partial charge in [0, 0.05) is 22.7 Å². The summed E-state index contributed by atoms with van der Waals surface area (Å²) < 4.78 is 6.98. The highest BCUT2D eigenvalue weighted by Gasteiger charge is 2.14. The first-order valence-corrected chi connectivity index (χ1v) is 9.47. The molecule has 2 aromatic heterocycles. The lowest BCUT2D eigenvalue weighted by atomic mass is 10.1. The Bertz CT molecular complexity index is 937. The van der Waals surface area contributed by atoms with E-state index in [1.54, 1.807) is 16.3 Å². The van der Waals surface area contributed by atoms with Gasteiger partial charge in [-0.3, -0.25) is 4.79 Å². The quantitative estimate of drug-likeness (QED) is 0.526. The van der Waals surface area contributed by atoms with Crippen LogP contribution < -0.4 is 5.73 Å². The van der Waals surface area contributed by atoms with Crippen LogP contribution in [0.25, 0.3) is 5.78 Å². The zero-order valence-electron chi connectivity index (χ0n) is 15.0. The van der Waals surface area contributed by atoms with Crippen molar-refractivity contribution < 1.29 is 9.53 Å². The Morgan fingerprint density at radius 2 is 1.96 bits per heavy atom. The van der Waals surface area contributed by atoms with Crippen LogP contribution in [0.15, 0.2) is 29.2 Å². The fraction of sp³-hybridized carbons (Fsp3) is 0.333. The number of hydrogen-bond donors (Lipinski definition) is 1. The number of fused-ring (bicyclic) bond motifs is 1. The summed E-state index contributed by atoms with van der Waals surface area (Å²) in [7, 11) is 0. The summed E-state index contributed by atoms with van der Waals surface area (Å²) in [5.41, 5.74) is 9.28. The third-order valence-corrected chi connectivity index (χ3v) is 4.95. The monoisotopic (exact) mass is 371 g/mol. The molecule has 0 saturated heterocycles. The van der Waals surface area contributed by atoms with Crippen LogP contribution in [0.2, 0.25) is 0 Å². The number of thioether (sulfide) groups is 1. The highest BCUT2D eigenvalue weighted by atomic mass is 32.2. The van der Waals surface area contributed by atoms with E-state index in [2.05, 4.69) is 15.1 Å². The van der Waals surface area contributed by atoms with Crippen molar-refractivity contribution in [2.24, 2.45) is 0 Å². The van der Waals surface area contributed by atoms with Crippen molar-refractivity contribution in [1.82, 2.24) is 19.6 Å². The molecular weight excluding hydrogens is 350 g/mol. The average molecular weight is 371 g/mol. The summed E-state index contributed by atoms with van der Waals surface area (Å²) in [5.74, 6) is 0.414. The molecule has 1 aromatic carbocycles. The number of rotatable bonds is 6. The molecule has 0 saturated carbocycles. The molecule has 0 aliphatic rings. The van der Waals surface area contributed by atoms with Gasteiger partial charge in [-0.2, -0.15) is 9.50 Å². The highest BCUT2D eigenvalue weighted by Crippen LogP contribution is 2.17. The van der Waals surface area contributed by atoms with E-state index in [4.69, 9.17) is 10.5 Å². The smallest absolute Gasteiger partial charge is 0.306 e. The molecular formula is C18H21N5O2S. The molecule has 0 aliphatic heterocycles. The maximum atomic E-state index is 12.1. The number of aromatic nitrogens is 4. The number of carbonyl (C=O) groups excluding carboxylic acids is 1. The van der Waals surface area contributed by atoms with E-state index in [1.807, 2.05) is 44.4 Å². The van der Waals surface area contributed by atoms with Gasteiger partial charge >= 0.3 is 5.97 Å². The van der Waals surface area contributed by atoms with E-state index in [1.165, 1.54) is 4.90 Å². The summed E-state index contributed by atoms with van der Waals surface area (Å²) in [6, 6.07) is 7.98. The number of nitrogen functional groups attached to an aromatic ring is 1. The molecule has 8 heteroatoms. The number of esters is 1. The number of anilines is 1. The predicted octanol–water partition coefficient (Wildman–Crippen LogP) is 2.72. The fourth-order valence-corrected chi connectivity index (χ4v) is 3.18. The summed E-state index contributed by atoms with van der Waals surface area (Å²) in [5, 5.41) is 4.13. The maximum absolute atomic E-state index is 12.1. The summed E-state index contributed by atoms with van der Waals surface area (Å²) in [6.07, 6.45) is 2.84. The van der Waals surface area contributed by atoms with Gasteiger partial charge in [0.15, 0.2) is 0 Å². The highest BCUT2D eigenvalue weighted by molar-refractivity contribution is 7.98. The standard InChI is InChI=1S/C18H21N5O2S/c1-11-15(12(2)23-18(20-11)21-17(19)22-23)8-9-16(24)25-10-13-4-6-14(26-3)7-5-13/h4-7H,8-10H2,1-3H3,(H2,19,22). The first kappa shape index (κ1) is 18.2. The van der Waals surface area contributed by atoms with Crippen LogP contribution in [0.4, 0.5) is 5.95 Å². The number of ether oxygens (including phenoxy) is 1. The lowest BCUT2D eigenvalue weighted by molar-refractivity contribution is -0.144. The largest absolute Gasteiger partial charge is 0.461 e. The normalized spacial score (nSPS) is 11.0. The van der Waals surface area contributed by atoms with Crippen molar-refractivity contribution >= 4 is 29.5 Å². The van der Waals surface area contributed by atoms with Crippen molar-refractivity contribution in [2.75, 3.05) is 12.0 Å². The molecule has 0 atom stereocenters. The molecule has 3 aromatic rings. The van der Waals surface area contributed by atoms with Crippen LogP contribution in [0, 0.1) is 13.8 Å². The fourth-order valence-electron chi connectivity index (χ4n) is 2.77. The van der Waals surface area contributed by atoms with Gasteiger partial charge in [-0.25, -0.2) is 4.98 Å². The third kappa shape index (κ3) is 3.96. The third-order valence-electron chi connectivity index (χ3n) is 4.20. The van der Waals surface area contributed by atoms with E-state index in [0.29, 0.717) is 12.2 Å². The van der Waals surface area contributed by atoms with Gasteiger partial charge < -0.3 is 10.5 Å². The number of hydrogen-bond acceptors (Lipinski definition) is 7. The number of nitrogens with zero attached hydrogens (tertiary/aromatic N) is 4. The number of carbonyl (C=O) groups is 1. The number of nitrogens with two attached hydrogens (primary N) is 1. The van der Waals surface area contributed by atoms with Crippen LogP contribution >= 0.6 is 11.8 Å². The second-order valence-electron chi connectivity index (χ2n) is 5.95. The minimum absolute atomic E-state index is 0.184. The van der Waals surface area contributed by atoms with Crippen molar-refractivity contribution in [3.63, 3.8) is 0 Å². The molecule has 3 rings (SSSR count). The first-order valence-electron chi connectivity index (χ1n) is 8.25. The van der Waals surface area contributed by atoms with E-state index >= 15 is 0 Å². The molecule has 26 heavy (non-hydrogen) atoms. The SMILES string of the molecule is CSc1ccc(COC(=O)CCc2c(C)nc3nc(N)nn3c2C)cc1. The maximum Gasteiger partial charge on any atom is 0.306 e. The zero-order chi connectivity index (χ0) is 18.7. The Hall–Kier alpha value is -2.61. The van der Waals surface area contributed by atoms with E-state index in [0.717, 1.165) is 22.5 Å². The topological polar surface area (TPSA) is 95.4 Å². The first-order chi connectivity index (χ1) is 12.5. The molecule has 136 valence electrons. The Balaban J connectivity index is 1.61. The molecule has 7 nitrogen and oxygen atoms in total. The van der Waals surface area contributed by atoms with Gasteiger partial charge in [0.2, 0.25) is 5.95 Å². The second kappa shape index (κ2) is 7.74. The van der Waals surface area contributed by atoms with Gasteiger partial charge in [-0.1, -0.05) is 12.1 Å². The Morgan fingerprint density at radius 3 is 2.65 bits per heavy atom. The van der Waals surface area contributed by atoms with E-state index in [-0.39, 0.29) is 24.9 Å². The van der Waals surface area contributed by atoms with Gasteiger partial charge in [-0.15, -0.1) is 16.9 Å². The summed E-state index contributed by atoms with van der Waals surface area (Å²) >= 11 is 1.68. The minimum atomic E-state index is -0.240. The van der Waals surface area contributed by atoms with Gasteiger partial charge in [0.25, 0.3) is 5.78 Å². The summed E-state index contributed by atoms with van der Waals surface area (Å²) in [4.78, 5) is 21.8. The molecule has 0 unspecified atom stereocenters. The van der Waals surface area contributed by atoms with Crippen LogP contribution in [-0.2, 0) is 22.6 Å². The molecule has 0 bridgehead atoms. The average Bonchev–Trinajstić information content (AvgIpc) is 3.00. The second-order valence-corrected chi connectivity index (χ2v) is 6.83. The van der Waals surface area contributed by atoms with Crippen LogP contribution in [-0.4, -0.2) is 31.8 Å². The number of benzene rings is 1. The van der Waals surface area contributed by atoms with E-state index in [9.17, 15) is 4.79 Å². The molecule has 0 fully saturated rings. The van der Waals surface area contributed by atoms with Crippen molar-refractivity contribution in [2.45, 2.75) is 38.2 Å². The number of aryl methyl sites for hydroxylation is 2. The lowest BCUT2D eigenvalue weighted by Crippen LogP contribution is -2.10. The molecule has 2 N–H and O–H groups in total. The van der Waals surface area contributed by atoms with Crippen LogP contribution in [0.3, 0.4) is 0 Å². The van der Waals surface area contributed by atoms with Gasteiger partial charge in [0.1, 0.15) is 6.61 Å². The molecule has 2 heterocycles. The van der Waals surface area contributed by atoms with Crippen LogP contribution in [0.1, 0.15) is 28.9 Å². The lowest BCUT2D eigenvalue weighted by Gasteiger charge is -2.10. The molecule has 0 amide bonds. The summed E-state index contributed by atoms with van der Waals surface area (Å²) in [6.45, 7) is 4.10. The van der Waals surface area contributed by atoms with Gasteiger partial charge in [0.05, 0.1) is 0 Å². The predicted molar refractivity (Wildman–Crippen MR) is 101 cm³/mol. The molecule has 0 aliphatic carbocycles. The zero-order valence-corrected chi connectivity index (χ0v) is 15.8. The van der Waals surface area contributed by atoms with Crippen molar-refractivity contribution in [1.29, 1.82) is 0 Å². The van der Waals surface area contributed by atoms with E-state index < -0.39 is 0 Å². The van der Waals surface area contributed by atoms with Gasteiger partial charge in [-0.05, 0) is 49.8 Å². The Morgan fingerprint density at radius 1 is 1.23 bits per heavy atom. The van der Waals surface area contributed by atoms with Crippen LogP contribution in [0.5, 0.6) is 0 Å². The Kier molecular flexibility index (Phi) is 5.41. The minimum Gasteiger partial charge on any atom is -0.461 e. The Labute approximate surface area is 156 Å². The van der Waals surface area contributed by atoms with Crippen molar-refractivity contribution in [3.05, 3.63) is 46.8 Å².